The number of hydrazine groups is 1. The molecule has 10 nitrogen and oxygen atoms in total. The van der Waals surface area contributed by atoms with Crippen molar-refractivity contribution in [2.75, 3.05) is 13.1 Å². The van der Waals surface area contributed by atoms with E-state index in [9.17, 15) is 22.8 Å². The van der Waals surface area contributed by atoms with E-state index < -0.39 is 21.8 Å². The van der Waals surface area contributed by atoms with E-state index in [0.717, 1.165) is 18.4 Å². The monoisotopic (exact) mass is 487 g/mol. The van der Waals surface area contributed by atoms with Crippen molar-refractivity contribution < 1.29 is 22.8 Å². The average molecular weight is 488 g/mol. The molecule has 182 valence electrons. The third kappa shape index (κ3) is 6.55. The minimum Gasteiger partial charge on any atom is -0.336 e. The van der Waals surface area contributed by atoms with Crippen molar-refractivity contribution in [1.29, 1.82) is 0 Å². The van der Waals surface area contributed by atoms with Crippen LogP contribution in [-0.2, 0) is 16.6 Å². The number of hydrogen-bond donors (Lipinski definition) is 4. The highest BCUT2D eigenvalue weighted by atomic mass is 32.2. The smallest absolute Gasteiger partial charge is 0.315 e. The second-order valence-corrected chi connectivity index (χ2v) is 10.2. The van der Waals surface area contributed by atoms with Gasteiger partial charge in [0.2, 0.25) is 10.0 Å². The normalized spacial score (nSPS) is 14.0. The Morgan fingerprint density at radius 1 is 0.853 bits per heavy atom. The highest BCUT2D eigenvalue weighted by molar-refractivity contribution is 7.89. The van der Waals surface area contributed by atoms with Gasteiger partial charge in [-0.2, -0.15) is 4.31 Å². The molecule has 0 bridgehead atoms. The zero-order valence-corrected chi connectivity index (χ0v) is 19.9. The number of benzene rings is 2. The molecule has 4 N–H and O–H groups in total. The molecular formula is C23H29N5O5S. The van der Waals surface area contributed by atoms with Crippen LogP contribution in [0.3, 0.4) is 0 Å². The molecule has 0 radical (unpaired) electrons. The van der Waals surface area contributed by atoms with E-state index in [2.05, 4.69) is 21.5 Å². The summed E-state index contributed by atoms with van der Waals surface area (Å²) in [5.41, 5.74) is 5.99. The molecule has 2 aromatic rings. The highest BCUT2D eigenvalue weighted by Crippen LogP contribution is 2.21. The van der Waals surface area contributed by atoms with E-state index in [1.54, 1.807) is 24.3 Å². The largest absolute Gasteiger partial charge is 0.336 e. The van der Waals surface area contributed by atoms with Gasteiger partial charge in [-0.25, -0.2) is 13.2 Å². The number of nitrogens with one attached hydrogen (secondary N) is 4. The van der Waals surface area contributed by atoms with Gasteiger partial charge in [0.05, 0.1) is 4.90 Å². The summed E-state index contributed by atoms with van der Waals surface area (Å²) in [6, 6.07) is 11.9. The molecular weight excluding hydrogens is 458 g/mol. The summed E-state index contributed by atoms with van der Waals surface area (Å²) < 4.78 is 26.6. The van der Waals surface area contributed by atoms with Gasteiger partial charge in [-0.3, -0.25) is 20.4 Å². The van der Waals surface area contributed by atoms with Crippen molar-refractivity contribution in [3.05, 3.63) is 65.2 Å². The van der Waals surface area contributed by atoms with Crippen LogP contribution < -0.4 is 21.5 Å². The minimum absolute atomic E-state index is 0.0298. The van der Waals surface area contributed by atoms with E-state index >= 15 is 0 Å². The molecule has 2 aromatic carbocycles. The number of carbonyl (C=O) groups is 3. The van der Waals surface area contributed by atoms with Crippen molar-refractivity contribution in [2.24, 2.45) is 0 Å². The lowest BCUT2D eigenvalue weighted by Gasteiger charge is -2.15. The summed E-state index contributed by atoms with van der Waals surface area (Å²) in [7, 11) is -3.56. The van der Waals surface area contributed by atoms with E-state index in [0.29, 0.717) is 25.2 Å². The predicted octanol–water partition coefficient (Wildman–Crippen LogP) is 1.75. The van der Waals surface area contributed by atoms with Crippen LogP contribution in [0, 0.1) is 0 Å². The fourth-order valence-corrected chi connectivity index (χ4v) is 4.90. The van der Waals surface area contributed by atoms with Gasteiger partial charge >= 0.3 is 6.03 Å². The van der Waals surface area contributed by atoms with E-state index in [1.165, 1.54) is 28.6 Å². The van der Waals surface area contributed by atoms with Crippen LogP contribution >= 0.6 is 0 Å². The van der Waals surface area contributed by atoms with Crippen LogP contribution in [-0.4, -0.2) is 49.7 Å². The Hall–Kier alpha value is -3.44. The molecule has 4 amide bonds. The molecule has 0 aliphatic carbocycles. The molecule has 1 saturated heterocycles. The lowest BCUT2D eigenvalue weighted by atomic mass is 10.1. The van der Waals surface area contributed by atoms with E-state index in [-0.39, 0.29) is 22.5 Å². The number of carbonyl (C=O) groups excluding carboxylic acids is 3. The Labute approximate surface area is 199 Å². The fourth-order valence-electron chi connectivity index (χ4n) is 3.38. The zero-order valence-electron chi connectivity index (χ0n) is 19.1. The maximum Gasteiger partial charge on any atom is 0.315 e. The van der Waals surface area contributed by atoms with E-state index in [1.807, 2.05) is 13.8 Å². The van der Waals surface area contributed by atoms with Crippen LogP contribution in [0.5, 0.6) is 0 Å². The van der Waals surface area contributed by atoms with Crippen LogP contribution in [0.25, 0.3) is 0 Å². The molecule has 0 unspecified atom stereocenters. The Morgan fingerprint density at radius 2 is 1.35 bits per heavy atom. The van der Waals surface area contributed by atoms with Crippen molar-refractivity contribution in [2.45, 2.75) is 44.2 Å². The third-order valence-electron chi connectivity index (χ3n) is 5.20. The van der Waals surface area contributed by atoms with Crippen molar-refractivity contribution >= 4 is 27.9 Å². The summed E-state index contributed by atoms with van der Waals surface area (Å²) in [5.74, 6) is -1.09. The third-order valence-corrected chi connectivity index (χ3v) is 7.11. The molecule has 0 atom stereocenters. The molecule has 0 aromatic heterocycles. The van der Waals surface area contributed by atoms with E-state index in [4.69, 9.17) is 0 Å². The molecule has 1 heterocycles. The SMILES string of the molecule is CC(C)NC(=O)NCc1ccc(C(=O)NNC(=O)c2ccc(S(=O)(=O)N3CCCC3)cc2)cc1. The van der Waals surface area contributed by atoms with Gasteiger partial charge in [0.15, 0.2) is 0 Å². The first kappa shape index (κ1) is 25.2. The maximum absolute atomic E-state index is 12.6. The Morgan fingerprint density at radius 3 is 1.85 bits per heavy atom. The number of amides is 4. The summed E-state index contributed by atoms with van der Waals surface area (Å²) in [5, 5.41) is 5.44. The summed E-state index contributed by atoms with van der Waals surface area (Å²) in [4.78, 5) is 36.4. The Kier molecular flexibility index (Phi) is 8.24. The van der Waals surface area contributed by atoms with Gasteiger partial charge in [-0.1, -0.05) is 12.1 Å². The van der Waals surface area contributed by atoms with Gasteiger partial charge in [0.25, 0.3) is 11.8 Å². The minimum atomic E-state index is -3.56. The first-order valence-corrected chi connectivity index (χ1v) is 12.4. The highest BCUT2D eigenvalue weighted by Gasteiger charge is 2.27. The standard InChI is InChI=1S/C23H29N5O5S/c1-16(2)25-23(31)24-15-17-5-7-18(8-6-17)21(29)26-27-22(30)19-9-11-20(12-10-19)34(32,33)28-13-3-4-14-28/h5-12,16H,3-4,13-15H2,1-2H3,(H,26,29)(H,27,30)(H2,24,25,31). The van der Waals surface area contributed by atoms with Crippen LogP contribution in [0.15, 0.2) is 53.4 Å². The van der Waals surface area contributed by atoms with Gasteiger partial charge in [0.1, 0.15) is 0 Å². The van der Waals surface area contributed by atoms with Crippen molar-refractivity contribution in [3.63, 3.8) is 0 Å². The lowest BCUT2D eigenvalue weighted by Crippen LogP contribution is -2.41. The average Bonchev–Trinajstić information content (AvgIpc) is 3.37. The first-order valence-electron chi connectivity index (χ1n) is 11.0. The molecule has 3 rings (SSSR count). The van der Waals surface area contributed by atoms with Crippen molar-refractivity contribution in [1.82, 2.24) is 25.8 Å². The topological polar surface area (TPSA) is 137 Å². The molecule has 34 heavy (non-hydrogen) atoms. The first-order chi connectivity index (χ1) is 16.2. The van der Waals surface area contributed by atoms with Gasteiger partial charge in [-0.05, 0) is 68.7 Å². The second-order valence-electron chi connectivity index (χ2n) is 8.22. The van der Waals surface area contributed by atoms with Gasteiger partial charge < -0.3 is 10.6 Å². The summed E-state index contributed by atoms with van der Waals surface area (Å²) in [6.45, 7) is 5.03. The molecule has 0 saturated carbocycles. The fraction of sp³-hybridized carbons (Fsp3) is 0.348. The second kappa shape index (κ2) is 11.1. The van der Waals surface area contributed by atoms with Crippen LogP contribution in [0.4, 0.5) is 4.79 Å². The maximum atomic E-state index is 12.6. The molecule has 11 heteroatoms. The number of urea groups is 1. The Bertz CT molecular complexity index is 1130. The summed E-state index contributed by atoms with van der Waals surface area (Å²) >= 11 is 0. The summed E-state index contributed by atoms with van der Waals surface area (Å²) in [6.07, 6.45) is 1.68. The molecule has 1 fully saturated rings. The molecule has 1 aliphatic heterocycles. The zero-order chi connectivity index (χ0) is 24.7. The molecule has 0 spiro atoms. The predicted molar refractivity (Wildman–Crippen MR) is 126 cm³/mol. The Balaban J connectivity index is 1.50. The van der Waals surface area contributed by atoms with Crippen LogP contribution in [0.2, 0.25) is 0 Å². The number of nitrogens with zero attached hydrogens (tertiary/aromatic N) is 1. The van der Waals surface area contributed by atoms with Gasteiger partial charge in [-0.15, -0.1) is 0 Å². The quantitative estimate of drug-likeness (QED) is 0.441. The number of sulfonamides is 1. The van der Waals surface area contributed by atoms with Crippen molar-refractivity contribution in [3.8, 4) is 0 Å². The van der Waals surface area contributed by atoms with Crippen LogP contribution in [0.1, 0.15) is 53.0 Å². The number of hydrogen-bond acceptors (Lipinski definition) is 5. The molecule has 1 aliphatic rings. The number of rotatable bonds is 7. The van der Waals surface area contributed by atoms with Gasteiger partial charge in [0, 0.05) is 36.8 Å². The lowest BCUT2D eigenvalue weighted by molar-refractivity contribution is 0.0846.